The first-order valence-electron chi connectivity index (χ1n) is 7.63. The Morgan fingerprint density at radius 1 is 1.33 bits per heavy atom. The molecule has 114 valence electrons. The van der Waals surface area contributed by atoms with Crippen LogP contribution >= 0.6 is 27.5 Å². The highest BCUT2D eigenvalue weighted by Gasteiger charge is 2.20. The molecule has 3 nitrogen and oxygen atoms in total. The second kappa shape index (κ2) is 6.67. The molecule has 0 bridgehead atoms. The number of alkyl halides is 1. The number of benzene rings is 1. The first kappa shape index (κ1) is 15.3. The maximum absolute atomic E-state index is 5.96. The highest BCUT2D eigenvalue weighted by molar-refractivity contribution is 9.10. The fourth-order valence-corrected chi connectivity index (χ4v) is 3.70. The Hall–Kier alpha value is -0.580. The number of likely N-dealkylation sites (tertiary alicyclic amines) is 1. The van der Waals surface area contributed by atoms with Crippen LogP contribution in [0.5, 0.6) is 0 Å². The van der Waals surface area contributed by atoms with Crippen molar-refractivity contribution in [1.29, 1.82) is 0 Å². The molecule has 5 heteroatoms. The summed E-state index contributed by atoms with van der Waals surface area (Å²) in [5, 5.41) is 0. The SMILES string of the molecule is CC(Cn1c(CCCl)nc2ccc(Br)cc21)N1CCCC1. The monoisotopic (exact) mass is 369 g/mol. The molecule has 1 saturated heterocycles. The maximum atomic E-state index is 5.96. The van der Waals surface area contributed by atoms with Gasteiger partial charge in [-0.3, -0.25) is 4.90 Å². The van der Waals surface area contributed by atoms with E-state index in [9.17, 15) is 0 Å². The van der Waals surface area contributed by atoms with Gasteiger partial charge in [-0.25, -0.2) is 4.98 Å². The second-order valence-electron chi connectivity index (χ2n) is 5.80. The minimum atomic E-state index is 0.540. The Labute approximate surface area is 139 Å². The third-order valence-electron chi connectivity index (χ3n) is 4.32. The minimum absolute atomic E-state index is 0.540. The van der Waals surface area contributed by atoms with Gasteiger partial charge >= 0.3 is 0 Å². The van der Waals surface area contributed by atoms with E-state index in [4.69, 9.17) is 16.6 Å². The Bertz CT molecular complexity index is 619. The summed E-state index contributed by atoms with van der Waals surface area (Å²) >= 11 is 9.53. The maximum Gasteiger partial charge on any atom is 0.111 e. The van der Waals surface area contributed by atoms with Crippen LogP contribution in [0.2, 0.25) is 0 Å². The molecule has 1 unspecified atom stereocenters. The lowest BCUT2D eigenvalue weighted by atomic mass is 10.2. The number of fused-ring (bicyclic) bond motifs is 1. The predicted molar refractivity (Wildman–Crippen MR) is 92.1 cm³/mol. The summed E-state index contributed by atoms with van der Waals surface area (Å²) < 4.78 is 3.45. The van der Waals surface area contributed by atoms with Gasteiger partial charge in [-0.2, -0.15) is 0 Å². The summed E-state index contributed by atoms with van der Waals surface area (Å²) in [5.41, 5.74) is 2.27. The van der Waals surface area contributed by atoms with Gasteiger partial charge < -0.3 is 4.57 Å². The molecule has 0 aliphatic carbocycles. The second-order valence-corrected chi connectivity index (χ2v) is 7.10. The zero-order valence-corrected chi connectivity index (χ0v) is 14.7. The van der Waals surface area contributed by atoms with Gasteiger partial charge in [0.15, 0.2) is 0 Å². The van der Waals surface area contributed by atoms with E-state index < -0.39 is 0 Å². The molecule has 0 radical (unpaired) electrons. The lowest BCUT2D eigenvalue weighted by Crippen LogP contribution is -2.34. The highest BCUT2D eigenvalue weighted by atomic mass is 79.9. The van der Waals surface area contributed by atoms with E-state index in [1.54, 1.807) is 0 Å². The van der Waals surface area contributed by atoms with Gasteiger partial charge in [-0.05, 0) is 51.1 Å². The molecule has 0 spiro atoms. The van der Waals surface area contributed by atoms with Crippen molar-refractivity contribution in [1.82, 2.24) is 14.5 Å². The zero-order chi connectivity index (χ0) is 14.8. The number of hydrogen-bond donors (Lipinski definition) is 0. The van der Waals surface area contributed by atoms with Crippen LogP contribution in [0.4, 0.5) is 0 Å². The highest BCUT2D eigenvalue weighted by Crippen LogP contribution is 2.23. The van der Waals surface area contributed by atoms with Gasteiger partial charge in [0.25, 0.3) is 0 Å². The summed E-state index contributed by atoms with van der Waals surface area (Å²) in [4.78, 5) is 7.34. The zero-order valence-electron chi connectivity index (χ0n) is 12.4. The van der Waals surface area contributed by atoms with Crippen molar-refractivity contribution in [2.24, 2.45) is 0 Å². The molecule has 2 heterocycles. The van der Waals surface area contributed by atoms with Gasteiger partial charge in [0, 0.05) is 29.4 Å². The van der Waals surface area contributed by atoms with Crippen molar-refractivity contribution in [3.8, 4) is 0 Å². The lowest BCUT2D eigenvalue weighted by molar-refractivity contribution is 0.236. The van der Waals surface area contributed by atoms with Crippen LogP contribution in [0.1, 0.15) is 25.6 Å². The number of aryl methyl sites for hydroxylation is 1. The topological polar surface area (TPSA) is 21.1 Å². The summed E-state index contributed by atoms with van der Waals surface area (Å²) in [6, 6.07) is 6.83. The van der Waals surface area contributed by atoms with Crippen molar-refractivity contribution in [3.05, 3.63) is 28.5 Å². The van der Waals surface area contributed by atoms with E-state index in [2.05, 4.69) is 44.5 Å². The number of halogens is 2. The first-order chi connectivity index (χ1) is 10.2. The Morgan fingerprint density at radius 2 is 2.10 bits per heavy atom. The average molecular weight is 371 g/mol. The van der Waals surface area contributed by atoms with Gasteiger partial charge in [-0.1, -0.05) is 15.9 Å². The molecule has 1 aromatic heterocycles. The van der Waals surface area contributed by atoms with Crippen molar-refractivity contribution in [2.75, 3.05) is 19.0 Å². The molecule has 21 heavy (non-hydrogen) atoms. The Kier molecular flexibility index (Phi) is 4.87. The molecule has 0 saturated carbocycles. The Morgan fingerprint density at radius 3 is 2.81 bits per heavy atom. The fourth-order valence-electron chi connectivity index (χ4n) is 3.19. The summed E-state index contributed by atoms with van der Waals surface area (Å²) in [6.45, 7) is 5.75. The third kappa shape index (κ3) is 3.27. The average Bonchev–Trinajstić information content (AvgIpc) is 3.09. The fraction of sp³-hybridized carbons (Fsp3) is 0.562. The molecular weight excluding hydrogens is 350 g/mol. The number of aromatic nitrogens is 2. The summed E-state index contributed by atoms with van der Waals surface area (Å²) in [5.74, 6) is 1.71. The van der Waals surface area contributed by atoms with Gasteiger partial charge in [0.2, 0.25) is 0 Å². The summed E-state index contributed by atoms with van der Waals surface area (Å²) in [6.07, 6.45) is 3.48. The molecule has 2 aromatic rings. The van der Waals surface area contributed by atoms with Crippen LogP contribution in [0.3, 0.4) is 0 Å². The van der Waals surface area contributed by atoms with E-state index in [-0.39, 0.29) is 0 Å². The molecule has 1 atom stereocenters. The number of rotatable bonds is 5. The lowest BCUT2D eigenvalue weighted by Gasteiger charge is -2.25. The van der Waals surface area contributed by atoms with E-state index in [0.717, 1.165) is 28.8 Å². The first-order valence-corrected chi connectivity index (χ1v) is 8.96. The van der Waals surface area contributed by atoms with Crippen LogP contribution in [-0.4, -0.2) is 39.5 Å². The molecule has 3 rings (SSSR count). The minimum Gasteiger partial charge on any atom is -0.326 e. The van der Waals surface area contributed by atoms with E-state index >= 15 is 0 Å². The molecule has 1 aliphatic rings. The molecule has 1 aliphatic heterocycles. The van der Waals surface area contributed by atoms with Crippen LogP contribution < -0.4 is 0 Å². The van der Waals surface area contributed by atoms with Crippen LogP contribution in [0, 0.1) is 0 Å². The quantitative estimate of drug-likeness (QED) is 0.740. The third-order valence-corrected chi connectivity index (χ3v) is 5.00. The molecule has 1 aromatic carbocycles. The smallest absolute Gasteiger partial charge is 0.111 e. The van der Waals surface area contributed by atoms with Crippen LogP contribution in [-0.2, 0) is 13.0 Å². The van der Waals surface area contributed by atoms with E-state index in [1.807, 2.05) is 6.07 Å². The van der Waals surface area contributed by atoms with E-state index in [0.29, 0.717) is 11.9 Å². The molecule has 1 fully saturated rings. The van der Waals surface area contributed by atoms with Crippen molar-refractivity contribution >= 4 is 38.6 Å². The van der Waals surface area contributed by atoms with Crippen molar-refractivity contribution in [3.63, 3.8) is 0 Å². The number of nitrogens with zero attached hydrogens (tertiary/aromatic N) is 3. The normalized spacial score (nSPS) is 17.7. The van der Waals surface area contributed by atoms with Crippen molar-refractivity contribution < 1.29 is 0 Å². The van der Waals surface area contributed by atoms with Gasteiger partial charge in [-0.15, -0.1) is 11.6 Å². The predicted octanol–water partition coefficient (Wildman–Crippen LogP) is 4.06. The summed E-state index contributed by atoms with van der Waals surface area (Å²) in [7, 11) is 0. The standard InChI is InChI=1S/C16H21BrClN3/c1-12(20-8-2-3-9-20)11-21-15-10-13(17)4-5-14(15)19-16(21)6-7-18/h4-5,10,12H,2-3,6-9,11H2,1H3. The van der Waals surface area contributed by atoms with Crippen LogP contribution in [0.15, 0.2) is 22.7 Å². The molecule has 0 N–H and O–H groups in total. The molecule has 0 amide bonds. The van der Waals surface area contributed by atoms with E-state index in [1.165, 1.54) is 31.4 Å². The van der Waals surface area contributed by atoms with Crippen molar-refractivity contribution in [2.45, 2.75) is 38.8 Å². The van der Waals surface area contributed by atoms with Gasteiger partial charge in [0.05, 0.1) is 11.0 Å². The molecular formula is C16H21BrClN3. The van der Waals surface area contributed by atoms with Crippen LogP contribution in [0.25, 0.3) is 11.0 Å². The number of hydrogen-bond acceptors (Lipinski definition) is 2. The largest absolute Gasteiger partial charge is 0.326 e. The Balaban J connectivity index is 1.93. The van der Waals surface area contributed by atoms with Gasteiger partial charge in [0.1, 0.15) is 5.82 Å². The number of imidazole rings is 1.